The topological polar surface area (TPSA) is 53.2 Å². The molecule has 92 valence electrons. The van der Waals surface area contributed by atoms with E-state index in [1.54, 1.807) is 7.05 Å². The van der Waals surface area contributed by atoms with Crippen LogP contribution in [0.5, 0.6) is 0 Å². The molecule has 1 aromatic carbocycles. The van der Waals surface area contributed by atoms with E-state index in [-0.39, 0.29) is 6.03 Å². The van der Waals surface area contributed by atoms with Gasteiger partial charge in [-0.3, -0.25) is 0 Å². The van der Waals surface area contributed by atoms with Gasteiger partial charge in [-0.05, 0) is 43.0 Å². The molecule has 0 radical (unpaired) electrons. The van der Waals surface area contributed by atoms with Gasteiger partial charge in [0.2, 0.25) is 0 Å². The van der Waals surface area contributed by atoms with Crippen LogP contribution in [-0.4, -0.2) is 19.1 Å². The molecule has 0 bridgehead atoms. The van der Waals surface area contributed by atoms with Gasteiger partial charge in [0.25, 0.3) is 0 Å². The maximum absolute atomic E-state index is 11.1. The SMILES string of the molecule is CNC(=O)Nc1ccc(NC2CC(C)C2)cc1. The molecular weight excluding hydrogens is 214 g/mol. The molecule has 2 amide bonds. The number of hydrogen-bond donors (Lipinski definition) is 3. The smallest absolute Gasteiger partial charge is 0.318 e. The highest BCUT2D eigenvalue weighted by atomic mass is 16.2. The lowest BCUT2D eigenvalue weighted by Gasteiger charge is -2.34. The maximum Gasteiger partial charge on any atom is 0.318 e. The molecule has 0 heterocycles. The number of nitrogens with one attached hydrogen (secondary N) is 3. The number of urea groups is 1. The van der Waals surface area contributed by atoms with Gasteiger partial charge in [0, 0.05) is 24.5 Å². The molecule has 0 spiro atoms. The Hall–Kier alpha value is -1.71. The monoisotopic (exact) mass is 233 g/mol. The van der Waals surface area contributed by atoms with Gasteiger partial charge in [-0.1, -0.05) is 6.92 Å². The lowest BCUT2D eigenvalue weighted by Crippen LogP contribution is -2.33. The maximum atomic E-state index is 11.1. The quantitative estimate of drug-likeness (QED) is 0.751. The number of hydrogen-bond acceptors (Lipinski definition) is 2. The van der Waals surface area contributed by atoms with Gasteiger partial charge in [0.1, 0.15) is 0 Å². The van der Waals surface area contributed by atoms with Gasteiger partial charge in [-0.2, -0.15) is 0 Å². The van der Waals surface area contributed by atoms with Gasteiger partial charge in [-0.15, -0.1) is 0 Å². The van der Waals surface area contributed by atoms with Crippen LogP contribution in [0.25, 0.3) is 0 Å². The zero-order valence-electron chi connectivity index (χ0n) is 10.3. The third-order valence-electron chi connectivity index (χ3n) is 3.11. The van der Waals surface area contributed by atoms with Crippen LogP contribution in [0.1, 0.15) is 19.8 Å². The Morgan fingerprint density at radius 2 is 1.76 bits per heavy atom. The summed E-state index contributed by atoms with van der Waals surface area (Å²) in [6, 6.07) is 8.21. The second-order valence-electron chi connectivity index (χ2n) is 4.70. The number of amides is 2. The Morgan fingerprint density at radius 1 is 1.18 bits per heavy atom. The molecule has 3 N–H and O–H groups in total. The second-order valence-corrected chi connectivity index (χ2v) is 4.70. The minimum atomic E-state index is -0.196. The van der Waals surface area contributed by atoms with Crippen LogP contribution in [-0.2, 0) is 0 Å². The van der Waals surface area contributed by atoms with Gasteiger partial charge >= 0.3 is 6.03 Å². The Kier molecular flexibility index (Phi) is 3.52. The summed E-state index contributed by atoms with van der Waals surface area (Å²) in [4.78, 5) is 11.1. The van der Waals surface area contributed by atoms with Gasteiger partial charge in [0.05, 0.1) is 0 Å². The molecule has 17 heavy (non-hydrogen) atoms. The van der Waals surface area contributed by atoms with Gasteiger partial charge in [-0.25, -0.2) is 4.79 Å². The van der Waals surface area contributed by atoms with E-state index in [4.69, 9.17) is 0 Å². The van der Waals surface area contributed by atoms with E-state index in [0.717, 1.165) is 17.3 Å². The summed E-state index contributed by atoms with van der Waals surface area (Å²) >= 11 is 0. The zero-order chi connectivity index (χ0) is 12.3. The van der Waals surface area contributed by atoms with Crippen LogP contribution in [0.3, 0.4) is 0 Å². The lowest BCUT2D eigenvalue weighted by atomic mass is 9.82. The predicted molar refractivity (Wildman–Crippen MR) is 70.3 cm³/mol. The predicted octanol–water partition coefficient (Wildman–Crippen LogP) is 2.65. The van der Waals surface area contributed by atoms with Crippen molar-refractivity contribution in [1.82, 2.24) is 5.32 Å². The molecule has 0 aromatic heterocycles. The first-order valence-electron chi connectivity index (χ1n) is 6.02. The van der Waals surface area contributed by atoms with Crippen molar-refractivity contribution < 1.29 is 4.79 Å². The normalized spacial score (nSPS) is 22.5. The van der Waals surface area contributed by atoms with Crippen LogP contribution in [0.4, 0.5) is 16.2 Å². The summed E-state index contributed by atoms with van der Waals surface area (Å²) in [6.07, 6.45) is 2.50. The second kappa shape index (κ2) is 5.08. The third kappa shape index (κ3) is 3.12. The highest BCUT2D eigenvalue weighted by Crippen LogP contribution is 2.29. The molecule has 0 saturated heterocycles. The van der Waals surface area contributed by atoms with Crippen molar-refractivity contribution in [3.8, 4) is 0 Å². The first kappa shape index (κ1) is 11.8. The molecule has 0 aliphatic heterocycles. The molecule has 4 nitrogen and oxygen atoms in total. The Morgan fingerprint density at radius 3 is 2.29 bits per heavy atom. The summed E-state index contributed by atoms with van der Waals surface area (Å²) in [6.45, 7) is 2.27. The zero-order valence-corrected chi connectivity index (χ0v) is 10.3. The Balaban J connectivity index is 1.87. The fourth-order valence-corrected chi connectivity index (χ4v) is 2.10. The molecule has 0 unspecified atom stereocenters. The lowest BCUT2D eigenvalue weighted by molar-refractivity contribution is 0.254. The van der Waals surface area contributed by atoms with E-state index >= 15 is 0 Å². The first-order chi connectivity index (χ1) is 8.17. The molecule has 0 atom stereocenters. The van der Waals surface area contributed by atoms with Crippen LogP contribution in [0, 0.1) is 5.92 Å². The van der Waals surface area contributed by atoms with Crippen molar-refractivity contribution in [2.45, 2.75) is 25.8 Å². The van der Waals surface area contributed by atoms with Crippen molar-refractivity contribution in [3.63, 3.8) is 0 Å². The standard InChI is InChI=1S/C13H19N3O/c1-9-7-12(8-9)15-10-3-5-11(6-4-10)16-13(17)14-2/h3-6,9,12,15H,7-8H2,1-2H3,(H2,14,16,17). The highest BCUT2D eigenvalue weighted by Gasteiger charge is 2.24. The van der Waals surface area contributed by atoms with Crippen molar-refractivity contribution >= 4 is 17.4 Å². The van der Waals surface area contributed by atoms with Crippen molar-refractivity contribution in [2.24, 2.45) is 5.92 Å². The number of carbonyl (C=O) groups excluding carboxylic acids is 1. The van der Waals surface area contributed by atoms with Gasteiger partial charge < -0.3 is 16.0 Å². The number of carbonyl (C=O) groups is 1. The van der Waals surface area contributed by atoms with Crippen LogP contribution in [0.15, 0.2) is 24.3 Å². The number of rotatable bonds is 3. The molecule has 1 aliphatic carbocycles. The number of anilines is 2. The molecule has 1 saturated carbocycles. The summed E-state index contributed by atoms with van der Waals surface area (Å²) in [5.74, 6) is 0.849. The van der Waals surface area contributed by atoms with Crippen LogP contribution < -0.4 is 16.0 Å². The van der Waals surface area contributed by atoms with Gasteiger partial charge in [0.15, 0.2) is 0 Å². The minimum Gasteiger partial charge on any atom is -0.382 e. The Bertz CT molecular complexity index is 382. The molecule has 1 aromatic rings. The van der Waals surface area contributed by atoms with Crippen molar-refractivity contribution in [3.05, 3.63) is 24.3 Å². The molecular formula is C13H19N3O. The summed E-state index contributed by atoms with van der Waals surface area (Å²) in [7, 11) is 1.60. The summed E-state index contributed by atoms with van der Waals surface area (Å²) < 4.78 is 0. The van der Waals surface area contributed by atoms with E-state index in [9.17, 15) is 4.79 Å². The summed E-state index contributed by atoms with van der Waals surface area (Å²) in [5.41, 5.74) is 1.92. The largest absolute Gasteiger partial charge is 0.382 e. The van der Waals surface area contributed by atoms with E-state index in [0.29, 0.717) is 6.04 Å². The van der Waals surface area contributed by atoms with E-state index < -0.39 is 0 Å². The van der Waals surface area contributed by atoms with E-state index in [2.05, 4.69) is 22.9 Å². The van der Waals surface area contributed by atoms with Crippen LogP contribution >= 0.6 is 0 Å². The van der Waals surface area contributed by atoms with Crippen LogP contribution in [0.2, 0.25) is 0 Å². The highest BCUT2D eigenvalue weighted by molar-refractivity contribution is 5.89. The fraction of sp³-hybridized carbons (Fsp3) is 0.462. The molecule has 4 heteroatoms. The average Bonchev–Trinajstić information content (AvgIpc) is 2.29. The molecule has 1 fully saturated rings. The molecule has 1 aliphatic rings. The number of benzene rings is 1. The summed E-state index contributed by atoms with van der Waals surface area (Å²) in [5, 5.41) is 8.72. The van der Waals surface area contributed by atoms with Crippen molar-refractivity contribution in [2.75, 3.05) is 17.7 Å². The Labute approximate surface area is 102 Å². The van der Waals surface area contributed by atoms with E-state index in [1.807, 2.05) is 24.3 Å². The van der Waals surface area contributed by atoms with Crippen molar-refractivity contribution in [1.29, 1.82) is 0 Å². The average molecular weight is 233 g/mol. The molecule has 2 rings (SSSR count). The third-order valence-corrected chi connectivity index (χ3v) is 3.11. The fourth-order valence-electron chi connectivity index (χ4n) is 2.10. The minimum absolute atomic E-state index is 0.196. The van der Waals surface area contributed by atoms with E-state index in [1.165, 1.54) is 12.8 Å². The first-order valence-corrected chi connectivity index (χ1v) is 6.02.